The van der Waals surface area contributed by atoms with E-state index < -0.39 is 0 Å². The molecule has 0 unspecified atom stereocenters. The van der Waals surface area contributed by atoms with Gasteiger partial charge in [-0.15, -0.1) is 5.10 Å². The molecule has 0 saturated heterocycles. The van der Waals surface area contributed by atoms with Crippen molar-refractivity contribution in [2.75, 3.05) is 0 Å². The Bertz CT molecular complexity index is 1100. The van der Waals surface area contributed by atoms with Gasteiger partial charge in [0.25, 0.3) is 0 Å². The van der Waals surface area contributed by atoms with Crippen LogP contribution in [0.25, 0.3) is 28.7 Å². The fraction of sp³-hybridized carbons (Fsp3) is 0.375. The van der Waals surface area contributed by atoms with Crippen molar-refractivity contribution in [3.8, 4) is 22.6 Å². The second-order valence-corrected chi connectivity index (χ2v) is 8.27. The number of fused-ring (bicyclic) bond motifs is 1. The van der Waals surface area contributed by atoms with Gasteiger partial charge in [0, 0.05) is 24.6 Å². The van der Waals surface area contributed by atoms with Gasteiger partial charge in [0.2, 0.25) is 0 Å². The summed E-state index contributed by atoms with van der Waals surface area (Å²) in [6, 6.07) is 8.56. The Kier molecular flexibility index (Phi) is 4.99. The third-order valence-electron chi connectivity index (χ3n) is 6.29. The fourth-order valence-electron chi connectivity index (χ4n) is 4.59. The van der Waals surface area contributed by atoms with Gasteiger partial charge in [-0.3, -0.25) is 9.78 Å². The molecule has 1 saturated carbocycles. The molecule has 6 heteroatoms. The average molecular weight is 399 g/mol. The number of hydrogen-bond acceptors (Lipinski definition) is 5. The molecule has 3 heterocycles. The zero-order valence-electron chi connectivity index (χ0n) is 17.2. The second kappa shape index (κ2) is 7.94. The maximum absolute atomic E-state index is 11.8. The van der Waals surface area contributed by atoms with Crippen LogP contribution >= 0.6 is 0 Å². The third kappa shape index (κ3) is 3.58. The molecule has 152 valence electrons. The van der Waals surface area contributed by atoms with E-state index in [1.807, 2.05) is 23.9 Å². The maximum atomic E-state index is 11.8. The van der Waals surface area contributed by atoms with Crippen molar-refractivity contribution >= 4 is 11.9 Å². The summed E-state index contributed by atoms with van der Waals surface area (Å²) in [4.78, 5) is 21.2. The Morgan fingerprint density at radius 3 is 2.87 bits per heavy atom. The van der Waals surface area contributed by atoms with Crippen LogP contribution in [0.15, 0.2) is 42.7 Å². The Labute approximate surface area is 176 Å². The first-order chi connectivity index (χ1) is 14.7. The largest absolute Gasteiger partial charge is 0.300 e. The van der Waals surface area contributed by atoms with Crippen LogP contribution in [0, 0.1) is 5.92 Å². The summed E-state index contributed by atoms with van der Waals surface area (Å²) in [6.45, 7) is 1.94. The molecule has 5 rings (SSSR count). The van der Waals surface area contributed by atoms with E-state index in [0.29, 0.717) is 24.5 Å². The molecule has 0 spiro atoms. The number of Topliss-reactive ketones (excluding diaryl/α,β-unsaturated/α-hetero) is 1. The zero-order chi connectivity index (χ0) is 20.5. The van der Waals surface area contributed by atoms with Gasteiger partial charge in [-0.05, 0) is 61.4 Å². The second-order valence-electron chi connectivity index (χ2n) is 8.27. The van der Waals surface area contributed by atoms with Crippen molar-refractivity contribution in [3.05, 3.63) is 54.0 Å². The summed E-state index contributed by atoms with van der Waals surface area (Å²) in [7, 11) is 0. The van der Waals surface area contributed by atoms with Gasteiger partial charge in [-0.1, -0.05) is 24.3 Å². The number of nitrogens with zero attached hydrogens (tertiary/aromatic N) is 5. The van der Waals surface area contributed by atoms with E-state index in [-0.39, 0.29) is 6.04 Å². The molecule has 2 aliphatic rings. The highest BCUT2D eigenvalue weighted by atomic mass is 16.1. The number of ketones is 1. The highest BCUT2D eigenvalue weighted by molar-refractivity contribution is 5.78. The van der Waals surface area contributed by atoms with Crippen molar-refractivity contribution in [1.29, 1.82) is 0 Å². The van der Waals surface area contributed by atoms with Gasteiger partial charge in [-0.25, -0.2) is 9.67 Å². The van der Waals surface area contributed by atoms with E-state index in [2.05, 4.69) is 40.7 Å². The topological polar surface area (TPSA) is 73.6 Å². The number of carbonyl (C=O) groups is 1. The lowest BCUT2D eigenvalue weighted by molar-refractivity contribution is -0.119. The van der Waals surface area contributed by atoms with Crippen LogP contribution in [0.2, 0.25) is 0 Å². The molecule has 0 bridgehead atoms. The van der Waals surface area contributed by atoms with Crippen LogP contribution in [-0.4, -0.2) is 30.7 Å². The Hall–Kier alpha value is -3.15. The quantitative estimate of drug-likeness (QED) is 0.602. The molecule has 2 aliphatic carbocycles. The Morgan fingerprint density at radius 2 is 2.03 bits per heavy atom. The number of pyridine rings is 2. The molecule has 3 aromatic heterocycles. The van der Waals surface area contributed by atoms with Crippen LogP contribution in [0.4, 0.5) is 0 Å². The number of hydrogen-bond donors (Lipinski definition) is 0. The molecule has 6 nitrogen and oxygen atoms in total. The first-order valence-electron chi connectivity index (χ1n) is 10.8. The summed E-state index contributed by atoms with van der Waals surface area (Å²) in [6.07, 6.45) is 13.2. The van der Waals surface area contributed by atoms with Gasteiger partial charge in [0.15, 0.2) is 0 Å². The van der Waals surface area contributed by atoms with Gasteiger partial charge in [-0.2, -0.15) is 0 Å². The molecule has 30 heavy (non-hydrogen) atoms. The molecule has 0 N–H and O–H groups in total. The minimum absolute atomic E-state index is 0.281. The molecular formula is C24H25N5O. The summed E-state index contributed by atoms with van der Waals surface area (Å²) in [5.74, 6) is 0.808. The Balaban J connectivity index is 1.34. The fourth-order valence-corrected chi connectivity index (χ4v) is 4.59. The summed E-state index contributed by atoms with van der Waals surface area (Å²) in [5, 5.41) is 8.50. The third-order valence-corrected chi connectivity index (χ3v) is 6.29. The van der Waals surface area contributed by atoms with Crippen LogP contribution in [0.3, 0.4) is 0 Å². The molecule has 2 atom stereocenters. The monoisotopic (exact) mass is 399 g/mol. The summed E-state index contributed by atoms with van der Waals surface area (Å²) < 4.78 is 2.00. The number of rotatable bonds is 6. The van der Waals surface area contributed by atoms with Gasteiger partial charge >= 0.3 is 0 Å². The smallest absolute Gasteiger partial charge is 0.132 e. The van der Waals surface area contributed by atoms with E-state index in [4.69, 9.17) is 9.97 Å². The van der Waals surface area contributed by atoms with Crippen LogP contribution < -0.4 is 0 Å². The van der Waals surface area contributed by atoms with Crippen molar-refractivity contribution in [1.82, 2.24) is 25.0 Å². The maximum Gasteiger partial charge on any atom is 0.132 e. The predicted molar refractivity (Wildman–Crippen MR) is 116 cm³/mol. The lowest BCUT2D eigenvalue weighted by atomic mass is 10.00. The van der Waals surface area contributed by atoms with Crippen LogP contribution in [0.1, 0.15) is 56.3 Å². The van der Waals surface area contributed by atoms with Crippen molar-refractivity contribution in [3.63, 3.8) is 0 Å². The molecule has 0 aliphatic heterocycles. The molecular weight excluding hydrogens is 374 g/mol. The molecule has 1 fully saturated rings. The highest BCUT2D eigenvalue weighted by Gasteiger charge is 2.29. The van der Waals surface area contributed by atoms with Crippen molar-refractivity contribution in [2.45, 2.75) is 51.5 Å². The first kappa shape index (κ1) is 18.9. The Morgan fingerprint density at radius 1 is 1.13 bits per heavy atom. The van der Waals surface area contributed by atoms with E-state index in [1.54, 1.807) is 6.20 Å². The van der Waals surface area contributed by atoms with E-state index in [1.165, 1.54) is 5.56 Å². The lowest BCUT2D eigenvalue weighted by Crippen LogP contribution is -2.11. The first-order valence-corrected chi connectivity index (χ1v) is 10.8. The van der Waals surface area contributed by atoms with Crippen molar-refractivity contribution in [2.24, 2.45) is 5.92 Å². The van der Waals surface area contributed by atoms with Gasteiger partial charge < -0.3 is 0 Å². The molecule has 0 aromatic carbocycles. The molecule has 0 radical (unpaired) electrons. The van der Waals surface area contributed by atoms with Gasteiger partial charge in [0.05, 0.1) is 29.3 Å². The lowest BCUT2D eigenvalue weighted by Gasteiger charge is -2.14. The predicted octanol–water partition coefficient (Wildman–Crippen LogP) is 4.68. The highest BCUT2D eigenvalue weighted by Crippen LogP contribution is 2.38. The molecule has 3 aromatic rings. The van der Waals surface area contributed by atoms with Gasteiger partial charge in [0.1, 0.15) is 11.5 Å². The molecule has 0 amide bonds. The van der Waals surface area contributed by atoms with Crippen LogP contribution in [-0.2, 0) is 11.2 Å². The number of allylic oxidation sites excluding steroid dienone is 1. The van der Waals surface area contributed by atoms with E-state index in [0.717, 1.165) is 54.0 Å². The normalized spacial score (nSPS) is 19.9. The summed E-state index contributed by atoms with van der Waals surface area (Å²) in [5.41, 5.74) is 6.05. The zero-order valence-corrected chi connectivity index (χ0v) is 17.2. The average Bonchev–Trinajstić information content (AvgIpc) is 3.53. The number of carbonyl (C=O) groups excluding carboxylic acids is 1. The minimum Gasteiger partial charge on any atom is -0.300 e. The van der Waals surface area contributed by atoms with E-state index in [9.17, 15) is 4.79 Å². The number of aromatic nitrogens is 5. The standard InChI is InChI=1S/C24H25N5O/c1-2-20(30)13-16-6-9-19(12-16)29-24(15-26-28-29)23-11-8-18(14-25-23)22-10-7-17-4-3-5-21(17)27-22/h3,5,7-8,10-11,14-16,19H,2,4,6,9,12-13H2,1H3/t16-,19+/m0/s1. The summed E-state index contributed by atoms with van der Waals surface area (Å²) >= 11 is 0. The SMILES string of the molecule is CCC(=O)C[C@H]1CC[C@@H](n2nncc2-c2ccc(-c3ccc4c(n3)C=CC4)cn2)C1. The van der Waals surface area contributed by atoms with Crippen molar-refractivity contribution < 1.29 is 4.79 Å². The van der Waals surface area contributed by atoms with E-state index >= 15 is 0 Å². The minimum atomic E-state index is 0.281. The van der Waals surface area contributed by atoms with Crippen LogP contribution in [0.5, 0.6) is 0 Å².